The molecule has 1 saturated heterocycles. The predicted molar refractivity (Wildman–Crippen MR) is 131 cm³/mol. The van der Waals surface area contributed by atoms with Gasteiger partial charge < -0.3 is 4.74 Å². The van der Waals surface area contributed by atoms with E-state index in [-0.39, 0.29) is 16.2 Å². The maximum Gasteiger partial charge on any atom is 0.261 e. The Morgan fingerprint density at radius 1 is 0.970 bits per heavy atom. The van der Waals surface area contributed by atoms with Crippen molar-refractivity contribution in [1.29, 1.82) is 0 Å². The number of nitrogens with one attached hydrogen (secondary N) is 1. The number of thioether (sulfide) groups is 1. The second kappa shape index (κ2) is 8.76. The molecule has 1 amide bonds. The van der Waals surface area contributed by atoms with Crippen LogP contribution in [0.5, 0.6) is 5.75 Å². The van der Waals surface area contributed by atoms with Crippen LogP contribution in [0.4, 0.5) is 11.4 Å². The van der Waals surface area contributed by atoms with Gasteiger partial charge in [-0.05, 0) is 84.5 Å². The lowest BCUT2D eigenvalue weighted by atomic mass is 10.1. The first-order valence-electron chi connectivity index (χ1n) is 10.8. The van der Waals surface area contributed by atoms with Crippen LogP contribution in [0.1, 0.15) is 28.5 Å². The molecule has 3 aromatic carbocycles. The van der Waals surface area contributed by atoms with E-state index in [0.717, 1.165) is 24.1 Å². The molecular formula is C25H24N2O4S2. The lowest BCUT2D eigenvalue weighted by Crippen LogP contribution is -2.27. The molecule has 5 rings (SSSR count). The lowest BCUT2D eigenvalue weighted by Gasteiger charge is -2.25. The summed E-state index contributed by atoms with van der Waals surface area (Å²) in [6, 6.07) is 19.8. The lowest BCUT2D eigenvalue weighted by molar-refractivity contribution is -0.115. The van der Waals surface area contributed by atoms with E-state index in [9.17, 15) is 13.2 Å². The highest BCUT2D eigenvalue weighted by Crippen LogP contribution is 2.43. The van der Waals surface area contributed by atoms with E-state index >= 15 is 0 Å². The molecule has 1 N–H and O–H groups in total. The van der Waals surface area contributed by atoms with Crippen molar-refractivity contribution in [2.45, 2.75) is 29.5 Å². The summed E-state index contributed by atoms with van der Waals surface area (Å²) < 4.78 is 33.1. The van der Waals surface area contributed by atoms with E-state index in [1.165, 1.54) is 36.8 Å². The van der Waals surface area contributed by atoms with Crippen LogP contribution in [0, 0.1) is 0 Å². The van der Waals surface area contributed by atoms with Crippen molar-refractivity contribution in [3.63, 3.8) is 0 Å². The number of aryl methyl sites for hydroxylation is 2. The number of anilines is 2. The molecule has 0 saturated carbocycles. The summed E-state index contributed by atoms with van der Waals surface area (Å²) in [6.45, 7) is 0. The molecule has 1 aliphatic carbocycles. The first-order chi connectivity index (χ1) is 15.9. The Morgan fingerprint density at radius 2 is 1.70 bits per heavy atom. The number of hydrogen-bond donors (Lipinski definition) is 1. The Kier molecular flexibility index (Phi) is 5.80. The van der Waals surface area contributed by atoms with Crippen LogP contribution in [0.2, 0.25) is 0 Å². The summed E-state index contributed by atoms with van der Waals surface area (Å²) in [4.78, 5) is 14.7. The second-order valence-corrected chi connectivity index (χ2v) is 10.9. The Morgan fingerprint density at radius 3 is 2.42 bits per heavy atom. The molecule has 0 aromatic heterocycles. The van der Waals surface area contributed by atoms with Crippen molar-refractivity contribution in [3.05, 3.63) is 83.4 Å². The first kappa shape index (κ1) is 21.9. The second-order valence-electron chi connectivity index (χ2n) is 8.14. The van der Waals surface area contributed by atoms with Gasteiger partial charge >= 0.3 is 0 Å². The summed E-state index contributed by atoms with van der Waals surface area (Å²) in [7, 11) is -2.18. The third-order valence-electron chi connectivity index (χ3n) is 6.05. The number of ether oxygens (including phenoxy) is 1. The molecule has 33 heavy (non-hydrogen) atoms. The average Bonchev–Trinajstić information content (AvgIpc) is 3.45. The molecule has 2 aliphatic rings. The fraction of sp³-hybridized carbons (Fsp3) is 0.240. The molecule has 1 aliphatic heterocycles. The van der Waals surface area contributed by atoms with Gasteiger partial charge in [-0.2, -0.15) is 0 Å². The molecule has 1 unspecified atom stereocenters. The van der Waals surface area contributed by atoms with Gasteiger partial charge in [-0.1, -0.05) is 18.2 Å². The van der Waals surface area contributed by atoms with E-state index in [1.807, 2.05) is 23.1 Å². The zero-order valence-electron chi connectivity index (χ0n) is 18.2. The Labute approximate surface area is 198 Å². The van der Waals surface area contributed by atoms with Crippen molar-refractivity contribution >= 4 is 39.1 Å². The number of rotatable bonds is 6. The number of sulfonamides is 1. The Hall–Kier alpha value is -2.97. The molecule has 0 bridgehead atoms. The molecule has 1 atom stereocenters. The third kappa shape index (κ3) is 4.32. The van der Waals surface area contributed by atoms with Crippen LogP contribution in [0.25, 0.3) is 0 Å². The smallest absolute Gasteiger partial charge is 0.261 e. The van der Waals surface area contributed by atoms with Gasteiger partial charge in [0.1, 0.15) is 11.1 Å². The topological polar surface area (TPSA) is 75.7 Å². The molecule has 0 radical (unpaired) electrons. The van der Waals surface area contributed by atoms with Crippen molar-refractivity contribution in [1.82, 2.24) is 0 Å². The third-order valence-corrected chi connectivity index (χ3v) is 8.66. The molecule has 1 heterocycles. The standard InChI is InChI=1S/C25H24N2O4S2/c1-31-22-11-13-23(14-12-22)33(29,30)26-20-8-5-18(6-9-20)25-27(24(28)16-32-25)21-10-7-17-3-2-4-19(17)15-21/h5-15,25-26H,2-4,16H2,1H3. The number of methoxy groups -OCH3 is 1. The highest BCUT2D eigenvalue weighted by molar-refractivity contribution is 8.00. The number of hydrogen-bond acceptors (Lipinski definition) is 5. The number of benzene rings is 3. The zero-order valence-corrected chi connectivity index (χ0v) is 19.8. The molecule has 6 nitrogen and oxygen atoms in total. The maximum absolute atomic E-state index is 12.7. The molecule has 0 spiro atoms. The largest absolute Gasteiger partial charge is 0.497 e. The Balaban J connectivity index is 1.35. The van der Waals surface area contributed by atoms with Gasteiger partial charge in [0, 0.05) is 11.4 Å². The van der Waals surface area contributed by atoms with Gasteiger partial charge in [0.05, 0.1) is 17.8 Å². The number of carbonyl (C=O) groups excluding carboxylic acids is 1. The van der Waals surface area contributed by atoms with E-state index in [1.54, 1.807) is 36.0 Å². The summed E-state index contributed by atoms with van der Waals surface area (Å²) >= 11 is 1.58. The Bertz CT molecular complexity index is 1290. The minimum atomic E-state index is -3.71. The molecule has 170 valence electrons. The SMILES string of the molecule is COc1ccc(S(=O)(=O)Nc2ccc(C3SCC(=O)N3c3ccc4c(c3)CCC4)cc2)cc1. The minimum absolute atomic E-state index is 0.0900. The van der Waals surface area contributed by atoms with E-state index in [2.05, 4.69) is 16.9 Å². The summed E-state index contributed by atoms with van der Waals surface area (Å²) in [5, 5.41) is -0.135. The average molecular weight is 481 g/mol. The summed E-state index contributed by atoms with van der Waals surface area (Å²) in [5.74, 6) is 1.11. The van der Waals surface area contributed by atoms with Crippen molar-refractivity contribution in [2.75, 3.05) is 22.5 Å². The van der Waals surface area contributed by atoms with Gasteiger partial charge in [0.15, 0.2) is 0 Å². The first-order valence-corrected chi connectivity index (χ1v) is 13.3. The normalized spacial score (nSPS) is 17.8. The number of fused-ring (bicyclic) bond motifs is 1. The van der Waals surface area contributed by atoms with Crippen molar-refractivity contribution < 1.29 is 17.9 Å². The van der Waals surface area contributed by atoms with Gasteiger partial charge in [0.2, 0.25) is 5.91 Å². The summed E-state index contributed by atoms with van der Waals surface area (Å²) in [5.41, 5.74) is 5.06. The maximum atomic E-state index is 12.7. The highest BCUT2D eigenvalue weighted by atomic mass is 32.2. The van der Waals surface area contributed by atoms with Gasteiger partial charge in [-0.15, -0.1) is 11.8 Å². The van der Waals surface area contributed by atoms with Crippen LogP contribution in [0.3, 0.4) is 0 Å². The highest BCUT2D eigenvalue weighted by Gasteiger charge is 2.34. The fourth-order valence-electron chi connectivity index (χ4n) is 4.34. The molecule has 8 heteroatoms. The molecule has 1 fully saturated rings. The number of nitrogens with zero attached hydrogens (tertiary/aromatic N) is 1. The quantitative estimate of drug-likeness (QED) is 0.550. The predicted octanol–water partition coefficient (Wildman–Crippen LogP) is 4.76. The van der Waals surface area contributed by atoms with Crippen LogP contribution in [-0.2, 0) is 27.7 Å². The fourth-order valence-corrected chi connectivity index (χ4v) is 6.58. The van der Waals surface area contributed by atoms with Crippen LogP contribution < -0.4 is 14.4 Å². The monoisotopic (exact) mass is 480 g/mol. The zero-order chi connectivity index (χ0) is 23.0. The van der Waals surface area contributed by atoms with E-state index < -0.39 is 10.0 Å². The van der Waals surface area contributed by atoms with Crippen LogP contribution in [-0.4, -0.2) is 27.2 Å². The number of amides is 1. The molecular weight excluding hydrogens is 456 g/mol. The van der Waals surface area contributed by atoms with Gasteiger partial charge in [-0.25, -0.2) is 8.42 Å². The van der Waals surface area contributed by atoms with E-state index in [0.29, 0.717) is 17.2 Å². The summed E-state index contributed by atoms with van der Waals surface area (Å²) in [6.07, 6.45) is 3.33. The van der Waals surface area contributed by atoms with Crippen molar-refractivity contribution in [2.24, 2.45) is 0 Å². The van der Waals surface area contributed by atoms with Gasteiger partial charge in [-0.3, -0.25) is 14.4 Å². The van der Waals surface area contributed by atoms with Crippen molar-refractivity contribution in [3.8, 4) is 5.75 Å². The minimum Gasteiger partial charge on any atom is -0.497 e. The van der Waals surface area contributed by atoms with Crippen LogP contribution >= 0.6 is 11.8 Å². The molecule has 3 aromatic rings. The number of carbonyl (C=O) groups is 1. The van der Waals surface area contributed by atoms with Crippen LogP contribution in [0.15, 0.2) is 71.6 Å². The van der Waals surface area contributed by atoms with E-state index in [4.69, 9.17) is 4.74 Å². The van der Waals surface area contributed by atoms with Gasteiger partial charge in [0.25, 0.3) is 10.0 Å².